The van der Waals surface area contributed by atoms with Crippen LogP contribution in [0.4, 0.5) is 5.69 Å². The average Bonchev–Trinajstić information content (AvgIpc) is 2.78. The van der Waals surface area contributed by atoms with E-state index in [-0.39, 0.29) is 24.0 Å². The van der Waals surface area contributed by atoms with Crippen LogP contribution in [0.3, 0.4) is 0 Å². The monoisotopic (exact) mass is 420 g/mol. The second-order valence-electron chi connectivity index (χ2n) is 6.76. The first-order chi connectivity index (χ1) is 15.0. The summed E-state index contributed by atoms with van der Waals surface area (Å²) in [4.78, 5) is 24.2. The summed E-state index contributed by atoms with van der Waals surface area (Å²) in [5.74, 6) is 1.71. The molecular weight excluding hydrogens is 396 g/mol. The van der Waals surface area contributed by atoms with Crippen LogP contribution in [0.2, 0.25) is 0 Å². The molecule has 0 saturated carbocycles. The first-order valence-electron chi connectivity index (χ1n) is 9.82. The summed E-state index contributed by atoms with van der Waals surface area (Å²) >= 11 is 0. The first-order valence-corrected chi connectivity index (χ1v) is 9.82. The maximum absolute atomic E-state index is 12.2. The summed E-state index contributed by atoms with van der Waals surface area (Å²) in [5, 5.41) is 14.8. The Hall–Kier alpha value is -4.00. The molecule has 3 rings (SSSR count). The molecule has 0 spiro atoms. The smallest absolute Gasteiger partial charge is 0.251 e. The Balaban J connectivity index is 1.43. The van der Waals surface area contributed by atoms with Crippen molar-refractivity contribution < 1.29 is 24.2 Å². The molecule has 3 N–H and O–H groups in total. The highest BCUT2D eigenvalue weighted by Crippen LogP contribution is 2.26. The van der Waals surface area contributed by atoms with Gasteiger partial charge in [0.2, 0.25) is 5.91 Å². The third-order valence-corrected chi connectivity index (χ3v) is 4.41. The summed E-state index contributed by atoms with van der Waals surface area (Å²) in [5.41, 5.74) is 1.08. The minimum Gasteiger partial charge on any atom is -0.508 e. The number of ether oxygens (including phenoxy) is 2. The number of anilines is 1. The molecule has 0 aromatic heterocycles. The van der Waals surface area contributed by atoms with Gasteiger partial charge in [-0.15, -0.1) is 0 Å². The van der Waals surface area contributed by atoms with Crippen LogP contribution in [0.15, 0.2) is 72.8 Å². The average molecular weight is 420 g/mol. The zero-order valence-corrected chi connectivity index (χ0v) is 17.1. The number of phenols is 1. The Bertz CT molecular complexity index is 1020. The molecule has 0 aliphatic heterocycles. The largest absolute Gasteiger partial charge is 0.508 e. The quantitative estimate of drug-likeness (QED) is 0.448. The maximum atomic E-state index is 12.2. The van der Waals surface area contributed by atoms with E-state index in [1.807, 2.05) is 0 Å². The molecule has 0 fully saturated rings. The second-order valence-corrected chi connectivity index (χ2v) is 6.76. The predicted octanol–water partition coefficient (Wildman–Crippen LogP) is 4.34. The number of methoxy groups -OCH3 is 1. The predicted molar refractivity (Wildman–Crippen MR) is 118 cm³/mol. The van der Waals surface area contributed by atoms with Gasteiger partial charge in [-0.05, 0) is 67.1 Å². The van der Waals surface area contributed by atoms with Crippen LogP contribution in [0.5, 0.6) is 23.0 Å². The van der Waals surface area contributed by atoms with Gasteiger partial charge in [0.1, 0.15) is 23.0 Å². The highest BCUT2D eigenvalue weighted by Gasteiger charge is 2.07. The third kappa shape index (κ3) is 6.78. The number of carbonyl (C=O) groups excluding carboxylic acids is 2. The van der Waals surface area contributed by atoms with E-state index in [9.17, 15) is 14.7 Å². The Kier molecular flexibility index (Phi) is 7.48. The fraction of sp³-hybridized carbons (Fsp3) is 0.167. The number of amides is 2. The van der Waals surface area contributed by atoms with Gasteiger partial charge < -0.3 is 25.2 Å². The Morgan fingerprint density at radius 3 is 2.32 bits per heavy atom. The summed E-state index contributed by atoms with van der Waals surface area (Å²) in [6, 6.07) is 20.3. The third-order valence-electron chi connectivity index (χ3n) is 4.41. The van der Waals surface area contributed by atoms with E-state index in [1.165, 1.54) is 12.1 Å². The number of benzene rings is 3. The van der Waals surface area contributed by atoms with E-state index in [2.05, 4.69) is 10.6 Å². The van der Waals surface area contributed by atoms with Crippen LogP contribution in [-0.2, 0) is 4.79 Å². The Morgan fingerprint density at radius 1 is 0.903 bits per heavy atom. The molecule has 3 aromatic rings. The van der Waals surface area contributed by atoms with Gasteiger partial charge in [0.15, 0.2) is 0 Å². The molecule has 0 bridgehead atoms. The molecule has 0 unspecified atom stereocenters. The lowest BCUT2D eigenvalue weighted by atomic mass is 10.2. The Labute approximate surface area is 180 Å². The fourth-order valence-electron chi connectivity index (χ4n) is 2.81. The standard InChI is InChI=1S/C24H24N2O5/c1-30-20-11-13-21(14-12-20)31-22-5-2-4-18(16-22)26-23(28)6-3-15-25-24(29)17-7-9-19(27)10-8-17/h2,4-5,7-14,16,27H,3,6,15H2,1H3,(H,25,29)(H,26,28). The van der Waals surface area contributed by atoms with Gasteiger partial charge in [0.05, 0.1) is 7.11 Å². The molecule has 7 heteroatoms. The van der Waals surface area contributed by atoms with Crippen LogP contribution >= 0.6 is 0 Å². The van der Waals surface area contributed by atoms with Gasteiger partial charge in [-0.1, -0.05) is 6.07 Å². The number of aromatic hydroxyl groups is 1. The summed E-state index contributed by atoms with van der Waals surface area (Å²) in [6.07, 6.45) is 0.761. The molecule has 160 valence electrons. The van der Waals surface area contributed by atoms with Crippen molar-refractivity contribution in [2.75, 3.05) is 19.0 Å². The molecule has 3 aromatic carbocycles. The molecule has 0 saturated heterocycles. The van der Waals surface area contributed by atoms with Gasteiger partial charge in [-0.2, -0.15) is 0 Å². The molecule has 31 heavy (non-hydrogen) atoms. The topological polar surface area (TPSA) is 96.9 Å². The van der Waals surface area contributed by atoms with Crippen molar-refractivity contribution in [2.24, 2.45) is 0 Å². The second kappa shape index (κ2) is 10.7. The van der Waals surface area contributed by atoms with E-state index in [1.54, 1.807) is 67.8 Å². The van der Waals surface area contributed by atoms with Crippen molar-refractivity contribution in [3.63, 3.8) is 0 Å². The molecule has 2 amide bonds. The lowest BCUT2D eigenvalue weighted by Crippen LogP contribution is -2.25. The van der Waals surface area contributed by atoms with Crippen molar-refractivity contribution in [3.8, 4) is 23.0 Å². The SMILES string of the molecule is COc1ccc(Oc2cccc(NC(=O)CCCNC(=O)c3ccc(O)cc3)c2)cc1. The number of carbonyl (C=O) groups is 2. The zero-order valence-electron chi connectivity index (χ0n) is 17.1. The molecule has 7 nitrogen and oxygen atoms in total. The van der Waals surface area contributed by atoms with E-state index in [0.29, 0.717) is 35.7 Å². The van der Waals surface area contributed by atoms with Crippen LogP contribution in [0.25, 0.3) is 0 Å². The van der Waals surface area contributed by atoms with Gasteiger partial charge in [-0.3, -0.25) is 9.59 Å². The van der Waals surface area contributed by atoms with E-state index in [0.717, 1.165) is 5.75 Å². The molecular formula is C24H24N2O5. The van der Waals surface area contributed by atoms with Crippen molar-refractivity contribution in [1.82, 2.24) is 5.32 Å². The number of nitrogens with one attached hydrogen (secondary N) is 2. The summed E-state index contributed by atoms with van der Waals surface area (Å²) in [6.45, 7) is 0.369. The van der Waals surface area contributed by atoms with Crippen LogP contribution in [-0.4, -0.2) is 30.6 Å². The number of hydrogen-bond donors (Lipinski definition) is 3. The van der Waals surface area contributed by atoms with Crippen LogP contribution in [0, 0.1) is 0 Å². The minimum atomic E-state index is -0.246. The van der Waals surface area contributed by atoms with Gasteiger partial charge in [-0.25, -0.2) is 0 Å². The van der Waals surface area contributed by atoms with Crippen molar-refractivity contribution >= 4 is 17.5 Å². The van der Waals surface area contributed by atoms with Crippen LogP contribution < -0.4 is 20.1 Å². The lowest BCUT2D eigenvalue weighted by molar-refractivity contribution is -0.116. The lowest BCUT2D eigenvalue weighted by Gasteiger charge is -2.10. The molecule has 0 aliphatic rings. The van der Waals surface area contributed by atoms with E-state index in [4.69, 9.17) is 9.47 Å². The number of hydrogen-bond acceptors (Lipinski definition) is 5. The Morgan fingerprint density at radius 2 is 1.61 bits per heavy atom. The summed E-state index contributed by atoms with van der Waals surface area (Å²) in [7, 11) is 1.60. The summed E-state index contributed by atoms with van der Waals surface area (Å²) < 4.78 is 10.9. The van der Waals surface area contributed by atoms with Gasteiger partial charge >= 0.3 is 0 Å². The molecule has 0 heterocycles. The molecule has 0 atom stereocenters. The van der Waals surface area contributed by atoms with Crippen molar-refractivity contribution in [1.29, 1.82) is 0 Å². The van der Waals surface area contributed by atoms with Crippen molar-refractivity contribution in [3.05, 3.63) is 78.4 Å². The first kappa shape index (κ1) is 21.7. The zero-order chi connectivity index (χ0) is 22.1. The number of rotatable bonds is 9. The molecule has 0 radical (unpaired) electrons. The van der Waals surface area contributed by atoms with E-state index >= 15 is 0 Å². The van der Waals surface area contributed by atoms with Gasteiger partial charge in [0.25, 0.3) is 5.91 Å². The highest BCUT2D eigenvalue weighted by atomic mass is 16.5. The van der Waals surface area contributed by atoms with E-state index < -0.39 is 0 Å². The van der Waals surface area contributed by atoms with Gasteiger partial charge in [0, 0.05) is 30.3 Å². The van der Waals surface area contributed by atoms with Crippen LogP contribution in [0.1, 0.15) is 23.2 Å². The normalized spacial score (nSPS) is 10.2. The fourth-order valence-corrected chi connectivity index (χ4v) is 2.81. The van der Waals surface area contributed by atoms with Crippen molar-refractivity contribution in [2.45, 2.75) is 12.8 Å². The molecule has 0 aliphatic carbocycles. The maximum Gasteiger partial charge on any atom is 0.251 e. The minimum absolute atomic E-state index is 0.103. The highest BCUT2D eigenvalue weighted by molar-refractivity contribution is 5.94. The number of phenolic OH excluding ortho intramolecular Hbond substituents is 1.